The number of hydrogen-bond acceptors (Lipinski definition) is 1. The van der Waals surface area contributed by atoms with Crippen LogP contribution in [0.2, 0.25) is 0 Å². The van der Waals surface area contributed by atoms with Crippen LogP contribution in [0.3, 0.4) is 0 Å². The second-order valence-corrected chi connectivity index (χ2v) is 8.94. The number of alkyl halides is 3. The molecular formula is C22H25F3N2. The van der Waals surface area contributed by atoms with Gasteiger partial charge in [0.25, 0.3) is 0 Å². The van der Waals surface area contributed by atoms with E-state index in [2.05, 4.69) is 5.32 Å². The fraction of sp³-hybridized carbons (Fsp3) is 0.545. The standard InChI is InChI=1S/C22H25F3N2/c23-22(24,25)19-5-1-2-6-20(19)27-7-3-4-18(27)14-26-21-11-15-8-16(12-21)10-17(9-15)13-21/h1-7,15-17,26H,8-14H2. The minimum Gasteiger partial charge on any atom is -0.319 e. The normalized spacial score (nSPS) is 32.2. The third kappa shape index (κ3) is 3.10. The van der Waals surface area contributed by atoms with E-state index in [4.69, 9.17) is 0 Å². The van der Waals surface area contributed by atoms with Crippen LogP contribution in [0.1, 0.15) is 49.8 Å². The smallest absolute Gasteiger partial charge is 0.319 e. The Morgan fingerprint density at radius 3 is 2.19 bits per heavy atom. The molecule has 4 fully saturated rings. The van der Waals surface area contributed by atoms with Crippen molar-refractivity contribution in [3.05, 3.63) is 53.9 Å². The molecule has 27 heavy (non-hydrogen) atoms. The first-order valence-corrected chi connectivity index (χ1v) is 10.00. The molecule has 0 aliphatic heterocycles. The first-order chi connectivity index (χ1) is 12.9. The molecular weight excluding hydrogens is 349 g/mol. The van der Waals surface area contributed by atoms with Gasteiger partial charge in [0.15, 0.2) is 0 Å². The molecule has 1 N–H and O–H groups in total. The van der Waals surface area contributed by atoms with Gasteiger partial charge in [0, 0.05) is 24.0 Å². The highest BCUT2D eigenvalue weighted by Crippen LogP contribution is 2.55. The maximum atomic E-state index is 13.4. The zero-order valence-corrected chi connectivity index (χ0v) is 15.3. The molecule has 1 heterocycles. The van der Waals surface area contributed by atoms with E-state index < -0.39 is 11.7 Å². The van der Waals surface area contributed by atoms with Crippen LogP contribution in [0, 0.1) is 17.8 Å². The molecule has 0 atom stereocenters. The number of nitrogens with zero attached hydrogens (tertiary/aromatic N) is 1. The summed E-state index contributed by atoms with van der Waals surface area (Å²) < 4.78 is 42.0. The molecule has 2 nitrogen and oxygen atoms in total. The molecule has 0 saturated heterocycles. The quantitative estimate of drug-likeness (QED) is 0.742. The van der Waals surface area contributed by atoms with Crippen LogP contribution < -0.4 is 5.32 Å². The molecule has 144 valence electrons. The van der Waals surface area contributed by atoms with Gasteiger partial charge in [-0.2, -0.15) is 13.2 Å². The van der Waals surface area contributed by atoms with E-state index in [0.717, 1.165) is 29.5 Å². The summed E-state index contributed by atoms with van der Waals surface area (Å²) in [4.78, 5) is 0. The van der Waals surface area contributed by atoms with Crippen LogP contribution in [-0.4, -0.2) is 10.1 Å². The molecule has 4 saturated carbocycles. The Balaban J connectivity index is 1.39. The van der Waals surface area contributed by atoms with Gasteiger partial charge in [0.2, 0.25) is 0 Å². The summed E-state index contributed by atoms with van der Waals surface area (Å²) >= 11 is 0. The van der Waals surface area contributed by atoms with Gasteiger partial charge in [-0.3, -0.25) is 0 Å². The lowest BCUT2D eigenvalue weighted by Gasteiger charge is -2.57. The van der Waals surface area contributed by atoms with Crippen LogP contribution in [0.15, 0.2) is 42.6 Å². The van der Waals surface area contributed by atoms with Gasteiger partial charge in [0.05, 0.1) is 11.3 Å². The third-order valence-corrected chi connectivity index (χ3v) is 6.98. The van der Waals surface area contributed by atoms with E-state index in [0.29, 0.717) is 6.54 Å². The highest BCUT2D eigenvalue weighted by molar-refractivity contribution is 5.44. The summed E-state index contributed by atoms with van der Waals surface area (Å²) in [5.74, 6) is 2.55. The summed E-state index contributed by atoms with van der Waals surface area (Å²) in [5, 5.41) is 3.80. The summed E-state index contributed by atoms with van der Waals surface area (Å²) in [6.45, 7) is 0.616. The number of rotatable bonds is 4. The third-order valence-electron chi connectivity index (χ3n) is 6.98. The first-order valence-electron chi connectivity index (χ1n) is 10.00. The van der Waals surface area contributed by atoms with Gasteiger partial charge in [-0.1, -0.05) is 12.1 Å². The molecule has 5 heteroatoms. The second-order valence-electron chi connectivity index (χ2n) is 8.94. The minimum absolute atomic E-state index is 0.202. The van der Waals surface area contributed by atoms with E-state index >= 15 is 0 Å². The Kier molecular flexibility index (Phi) is 3.94. The molecule has 4 aliphatic carbocycles. The molecule has 1 aromatic heterocycles. The number of benzene rings is 1. The van der Waals surface area contributed by atoms with Crippen molar-refractivity contribution in [1.29, 1.82) is 0 Å². The Morgan fingerprint density at radius 1 is 0.926 bits per heavy atom. The van der Waals surface area contributed by atoms with Gasteiger partial charge in [-0.05, 0) is 80.5 Å². The largest absolute Gasteiger partial charge is 0.418 e. The van der Waals surface area contributed by atoms with Crippen LogP contribution >= 0.6 is 0 Å². The average molecular weight is 374 g/mol. The fourth-order valence-corrected chi connectivity index (χ4v) is 6.32. The molecule has 4 bridgehead atoms. The number of hydrogen-bond donors (Lipinski definition) is 1. The summed E-state index contributed by atoms with van der Waals surface area (Å²) in [6.07, 6.45) is 5.24. The zero-order valence-electron chi connectivity index (χ0n) is 15.3. The molecule has 2 aromatic rings. The van der Waals surface area contributed by atoms with Crippen LogP contribution in [-0.2, 0) is 12.7 Å². The highest BCUT2D eigenvalue weighted by atomic mass is 19.4. The van der Waals surface area contributed by atoms with Gasteiger partial charge < -0.3 is 9.88 Å². The molecule has 4 aliphatic rings. The summed E-state index contributed by atoms with van der Waals surface area (Å²) in [6, 6.07) is 9.59. The van der Waals surface area contributed by atoms with E-state index in [1.807, 2.05) is 12.1 Å². The van der Waals surface area contributed by atoms with Crippen LogP contribution in [0.4, 0.5) is 13.2 Å². The lowest BCUT2D eigenvalue weighted by atomic mass is 9.53. The molecule has 6 rings (SSSR count). The average Bonchev–Trinajstić information content (AvgIpc) is 3.07. The predicted octanol–water partition coefficient (Wildman–Crippen LogP) is 5.55. The summed E-state index contributed by atoms with van der Waals surface area (Å²) in [5.41, 5.74) is 0.713. The second kappa shape index (κ2) is 6.13. The van der Waals surface area contributed by atoms with Crippen LogP contribution in [0.25, 0.3) is 5.69 Å². The fourth-order valence-electron chi connectivity index (χ4n) is 6.32. The molecule has 0 spiro atoms. The van der Waals surface area contributed by atoms with E-state index in [1.54, 1.807) is 22.9 Å². The summed E-state index contributed by atoms with van der Waals surface area (Å²) in [7, 11) is 0. The number of para-hydroxylation sites is 1. The van der Waals surface area contributed by atoms with Gasteiger partial charge >= 0.3 is 6.18 Å². The van der Waals surface area contributed by atoms with Gasteiger partial charge in [-0.15, -0.1) is 0 Å². The molecule has 0 unspecified atom stereocenters. The lowest BCUT2D eigenvalue weighted by Crippen LogP contribution is -2.58. The zero-order chi connectivity index (χ0) is 18.6. The van der Waals surface area contributed by atoms with Crippen molar-refractivity contribution in [2.45, 2.75) is 56.8 Å². The minimum atomic E-state index is -4.36. The molecule has 0 radical (unpaired) electrons. The number of halogens is 3. The van der Waals surface area contributed by atoms with E-state index in [1.165, 1.54) is 44.6 Å². The predicted molar refractivity (Wildman–Crippen MR) is 98.5 cm³/mol. The lowest BCUT2D eigenvalue weighted by molar-refractivity contribution is -0.137. The number of nitrogens with one attached hydrogen (secondary N) is 1. The monoisotopic (exact) mass is 374 g/mol. The topological polar surface area (TPSA) is 17.0 Å². The maximum absolute atomic E-state index is 13.4. The first kappa shape index (κ1) is 17.4. The van der Waals surface area contributed by atoms with Crippen molar-refractivity contribution < 1.29 is 13.2 Å². The Morgan fingerprint density at radius 2 is 1.56 bits per heavy atom. The highest BCUT2D eigenvalue weighted by Gasteiger charge is 2.50. The Labute approximate surface area is 157 Å². The SMILES string of the molecule is FC(F)(F)c1ccccc1-n1cccc1CNC12CC3CC(CC(C3)C1)C2. The Hall–Kier alpha value is -1.75. The van der Waals surface area contributed by atoms with Crippen molar-refractivity contribution >= 4 is 0 Å². The van der Waals surface area contributed by atoms with E-state index in [-0.39, 0.29) is 11.2 Å². The maximum Gasteiger partial charge on any atom is 0.418 e. The van der Waals surface area contributed by atoms with Crippen molar-refractivity contribution in [3.8, 4) is 5.69 Å². The van der Waals surface area contributed by atoms with E-state index in [9.17, 15) is 13.2 Å². The van der Waals surface area contributed by atoms with Crippen molar-refractivity contribution in [2.24, 2.45) is 17.8 Å². The van der Waals surface area contributed by atoms with Crippen molar-refractivity contribution in [3.63, 3.8) is 0 Å². The molecule has 0 amide bonds. The van der Waals surface area contributed by atoms with Crippen LogP contribution in [0.5, 0.6) is 0 Å². The van der Waals surface area contributed by atoms with Gasteiger partial charge in [0.1, 0.15) is 0 Å². The van der Waals surface area contributed by atoms with Crippen molar-refractivity contribution in [2.75, 3.05) is 0 Å². The number of aromatic nitrogens is 1. The van der Waals surface area contributed by atoms with Crippen molar-refractivity contribution in [1.82, 2.24) is 9.88 Å². The Bertz CT molecular complexity index is 801. The van der Waals surface area contributed by atoms with Gasteiger partial charge in [-0.25, -0.2) is 0 Å². The molecule has 1 aromatic carbocycles.